The zero-order valence-electron chi connectivity index (χ0n) is 21.0. The Hall–Kier alpha value is -3.21. The van der Waals surface area contributed by atoms with Crippen LogP contribution in [0, 0.1) is 5.41 Å². The molecule has 4 heteroatoms. The Morgan fingerprint density at radius 2 is 1.34 bits per heavy atom. The molecule has 0 amide bonds. The van der Waals surface area contributed by atoms with Crippen molar-refractivity contribution < 1.29 is 19.7 Å². The predicted octanol–water partition coefficient (Wildman–Crippen LogP) is 6.34. The number of rotatable bonds is 10. The van der Waals surface area contributed by atoms with Gasteiger partial charge in [0.1, 0.15) is 0 Å². The van der Waals surface area contributed by atoms with Gasteiger partial charge in [-0.3, -0.25) is 4.79 Å². The first-order chi connectivity index (χ1) is 16.7. The maximum Gasteiger partial charge on any atom is 0.309 e. The Morgan fingerprint density at radius 1 is 0.886 bits per heavy atom. The highest BCUT2D eigenvalue weighted by atomic mass is 16.6. The van der Waals surface area contributed by atoms with E-state index in [9.17, 15) is 15.0 Å². The van der Waals surface area contributed by atoms with E-state index in [1.54, 1.807) is 0 Å². The number of carbonyl (C=O) groups excluding carboxylic acids is 1. The third-order valence-electron chi connectivity index (χ3n) is 6.91. The maximum atomic E-state index is 13.3. The first-order valence-electron chi connectivity index (χ1n) is 12.2. The smallest absolute Gasteiger partial charge is 0.309 e. The van der Waals surface area contributed by atoms with Gasteiger partial charge in [0.15, 0.2) is 11.7 Å². The second-order valence-corrected chi connectivity index (χ2v) is 9.39. The second kappa shape index (κ2) is 11.5. The van der Waals surface area contributed by atoms with Crippen LogP contribution in [0.5, 0.6) is 0 Å². The van der Waals surface area contributed by atoms with Crippen molar-refractivity contribution in [1.29, 1.82) is 0 Å². The molecule has 0 radical (unpaired) electrons. The Labute approximate surface area is 208 Å². The van der Waals surface area contributed by atoms with Gasteiger partial charge in [-0.05, 0) is 30.0 Å². The average molecular weight is 473 g/mol. The van der Waals surface area contributed by atoms with Crippen molar-refractivity contribution in [3.63, 3.8) is 0 Å². The molecular formula is C31H36O4. The lowest BCUT2D eigenvalue weighted by molar-refractivity contribution is -0.167. The quantitative estimate of drug-likeness (QED) is 0.267. The third-order valence-corrected chi connectivity index (χ3v) is 6.91. The van der Waals surface area contributed by atoms with Crippen molar-refractivity contribution in [1.82, 2.24) is 0 Å². The molecule has 3 aromatic rings. The lowest BCUT2D eigenvalue weighted by Gasteiger charge is -2.38. The summed E-state index contributed by atoms with van der Waals surface area (Å²) in [5.74, 6) is -0.573. The molecule has 0 aromatic heterocycles. The van der Waals surface area contributed by atoms with Crippen LogP contribution in [0.3, 0.4) is 0 Å². The van der Waals surface area contributed by atoms with Crippen molar-refractivity contribution in [3.05, 3.63) is 119 Å². The van der Waals surface area contributed by atoms with Crippen LogP contribution < -0.4 is 0 Å². The molecule has 4 nitrogen and oxygen atoms in total. The van der Waals surface area contributed by atoms with Gasteiger partial charge in [0, 0.05) is 5.41 Å². The lowest BCUT2D eigenvalue weighted by Crippen LogP contribution is -2.39. The molecular weight excluding hydrogens is 436 g/mol. The molecule has 0 aliphatic carbocycles. The van der Waals surface area contributed by atoms with Gasteiger partial charge in [0.05, 0.1) is 12.5 Å². The summed E-state index contributed by atoms with van der Waals surface area (Å²) in [6, 6.07) is 27.7. The zero-order chi connectivity index (χ0) is 25.5. The van der Waals surface area contributed by atoms with E-state index < -0.39 is 29.2 Å². The minimum atomic E-state index is -1.64. The van der Waals surface area contributed by atoms with Crippen LogP contribution in [0.2, 0.25) is 0 Å². The van der Waals surface area contributed by atoms with Gasteiger partial charge in [-0.25, -0.2) is 0 Å². The Bertz CT molecular complexity index is 1060. The summed E-state index contributed by atoms with van der Waals surface area (Å²) in [6.07, 6.45) is 0.630. The third kappa shape index (κ3) is 5.72. The number of ether oxygens (including phenoxy) is 1. The zero-order valence-corrected chi connectivity index (χ0v) is 21.0. The Kier molecular flexibility index (Phi) is 8.66. The number of esters is 1. The average Bonchev–Trinajstić information content (AvgIpc) is 2.89. The summed E-state index contributed by atoms with van der Waals surface area (Å²) < 4.78 is 6.05. The molecule has 0 aliphatic rings. The normalized spacial score (nSPS) is 14.3. The SMILES string of the molecule is CC=C(CC)C(C)(C)C(O)CC(=O)OC(c1ccccc1)C(O)(c1ccccc1)c1ccccc1. The van der Waals surface area contributed by atoms with Crippen molar-refractivity contribution in [2.75, 3.05) is 0 Å². The molecule has 0 aliphatic heterocycles. The van der Waals surface area contributed by atoms with E-state index in [1.165, 1.54) is 0 Å². The van der Waals surface area contributed by atoms with Crippen LogP contribution in [-0.4, -0.2) is 22.3 Å². The minimum absolute atomic E-state index is 0.187. The first kappa shape index (κ1) is 26.4. The summed E-state index contributed by atoms with van der Waals surface area (Å²) >= 11 is 0. The second-order valence-electron chi connectivity index (χ2n) is 9.39. The van der Waals surface area contributed by atoms with E-state index in [-0.39, 0.29) is 6.42 Å². The fourth-order valence-corrected chi connectivity index (χ4v) is 4.71. The van der Waals surface area contributed by atoms with Crippen LogP contribution in [0.4, 0.5) is 0 Å². The van der Waals surface area contributed by atoms with Gasteiger partial charge >= 0.3 is 5.97 Å². The first-order valence-corrected chi connectivity index (χ1v) is 12.2. The van der Waals surface area contributed by atoms with Crippen LogP contribution >= 0.6 is 0 Å². The molecule has 0 fully saturated rings. The van der Waals surface area contributed by atoms with E-state index >= 15 is 0 Å². The summed E-state index contributed by atoms with van der Waals surface area (Å²) in [7, 11) is 0. The molecule has 0 bridgehead atoms. The monoisotopic (exact) mass is 472 g/mol. The highest BCUT2D eigenvalue weighted by Crippen LogP contribution is 2.44. The van der Waals surface area contributed by atoms with E-state index in [2.05, 4.69) is 0 Å². The van der Waals surface area contributed by atoms with Gasteiger partial charge in [0.2, 0.25) is 0 Å². The summed E-state index contributed by atoms with van der Waals surface area (Å²) in [5.41, 5.74) is 0.722. The van der Waals surface area contributed by atoms with Gasteiger partial charge in [-0.15, -0.1) is 0 Å². The maximum absolute atomic E-state index is 13.3. The van der Waals surface area contributed by atoms with Gasteiger partial charge in [-0.1, -0.05) is 123 Å². The van der Waals surface area contributed by atoms with Crippen LogP contribution in [0.15, 0.2) is 103 Å². The molecule has 2 N–H and O–H groups in total. The molecule has 0 saturated carbocycles. The van der Waals surface area contributed by atoms with Crippen LogP contribution in [0.25, 0.3) is 0 Å². The topological polar surface area (TPSA) is 66.8 Å². The molecule has 184 valence electrons. The Morgan fingerprint density at radius 3 is 1.77 bits per heavy atom. The molecule has 2 atom stereocenters. The highest BCUT2D eigenvalue weighted by Gasteiger charge is 2.44. The number of aliphatic hydroxyl groups excluding tert-OH is 1. The summed E-state index contributed by atoms with van der Waals surface area (Å²) in [5, 5.41) is 23.3. The molecule has 2 unspecified atom stereocenters. The molecule has 0 saturated heterocycles. The van der Waals surface area contributed by atoms with Crippen LogP contribution in [0.1, 0.15) is 63.3 Å². The Balaban J connectivity index is 2.03. The number of aliphatic hydroxyl groups is 2. The van der Waals surface area contributed by atoms with Crippen molar-refractivity contribution in [2.45, 2.75) is 58.3 Å². The predicted molar refractivity (Wildman–Crippen MR) is 140 cm³/mol. The van der Waals surface area contributed by atoms with Gasteiger partial charge in [-0.2, -0.15) is 0 Å². The number of allylic oxidation sites excluding steroid dienone is 1. The number of benzene rings is 3. The van der Waals surface area contributed by atoms with Crippen molar-refractivity contribution in [3.8, 4) is 0 Å². The van der Waals surface area contributed by atoms with Crippen molar-refractivity contribution in [2.24, 2.45) is 5.41 Å². The number of hydrogen-bond donors (Lipinski definition) is 2. The largest absolute Gasteiger partial charge is 0.454 e. The van der Waals surface area contributed by atoms with E-state index in [0.717, 1.165) is 12.0 Å². The lowest BCUT2D eigenvalue weighted by atomic mass is 9.76. The van der Waals surface area contributed by atoms with Crippen LogP contribution in [-0.2, 0) is 15.1 Å². The van der Waals surface area contributed by atoms with E-state index in [4.69, 9.17) is 4.74 Å². The van der Waals surface area contributed by atoms with E-state index in [1.807, 2.05) is 125 Å². The molecule has 3 aromatic carbocycles. The summed E-state index contributed by atoms with van der Waals surface area (Å²) in [6.45, 7) is 7.84. The minimum Gasteiger partial charge on any atom is -0.454 e. The fraction of sp³-hybridized carbons (Fsp3) is 0.323. The fourth-order valence-electron chi connectivity index (χ4n) is 4.71. The standard InChI is InChI=1S/C31H36O4/c1-5-24(6-2)30(3,4)27(32)22-28(33)35-29(23-16-10-7-11-17-23)31(34,25-18-12-8-13-19-25)26-20-14-9-15-21-26/h5,7-21,27,29,32,34H,6,22H2,1-4H3. The molecule has 0 heterocycles. The molecule has 3 rings (SSSR count). The van der Waals surface area contributed by atoms with E-state index in [0.29, 0.717) is 16.7 Å². The van der Waals surface area contributed by atoms with Crippen molar-refractivity contribution >= 4 is 5.97 Å². The van der Waals surface area contributed by atoms with Gasteiger partial charge in [0.25, 0.3) is 0 Å². The number of hydrogen-bond acceptors (Lipinski definition) is 4. The number of carbonyl (C=O) groups is 1. The molecule has 0 spiro atoms. The highest BCUT2D eigenvalue weighted by molar-refractivity contribution is 5.71. The summed E-state index contributed by atoms with van der Waals surface area (Å²) in [4.78, 5) is 13.3. The van der Waals surface area contributed by atoms with Gasteiger partial charge < -0.3 is 14.9 Å². The molecule has 35 heavy (non-hydrogen) atoms.